The first kappa shape index (κ1) is 9.55. The normalized spacial score (nSPS) is 10.4. The second kappa shape index (κ2) is 4.02. The topological polar surface area (TPSA) is 29.7 Å². The third-order valence-electron chi connectivity index (χ3n) is 1.95. The van der Waals surface area contributed by atoms with Crippen LogP contribution in [-0.2, 0) is 6.54 Å². The zero-order valence-electron chi connectivity index (χ0n) is 7.64. The second-order valence-electron chi connectivity index (χ2n) is 2.83. The summed E-state index contributed by atoms with van der Waals surface area (Å²) in [6.45, 7) is 3.02. The Morgan fingerprint density at radius 3 is 3.00 bits per heavy atom. The number of pyridine rings is 1. The molecule has 0 fully saturated rings. The summed E-state index contributed by atoms with van der Waals surface area (Å²) in [6.07, 6.45) is 4.03. The fourth-order valence-corrected chi connectivity index (χ4v) is 1.98. The van der Waals surface area contributed by atoms with Gasteiger partial charge in [0.15, 0.2) is 17.5 Å². The van der Waals surface area contributed by atoms with E-state index in [1.807, 2.05) is 24.5 Å². The first-order valence-electron chi connectivity index (χ1n) is 4.29. The highest BCUT2D eigenvalue weighted by molar-refractivity contribution is 6.99. The summed E-state index contributed by atoms with van der Waals surface area (Å²) in [7, 11) is 0. The van der Waals surface area contributed by atoms with Gasteiger partial charge in [0.25, 0.3) is 0 Å². The Bertz CT molecular complexity index is 441. The van der Waals surface area contributed by atoms with Crippen molar-refractivity contribution in [2.24, 2.45) is 0 Å². The molecule has 2 heterocycles. The van der Waals surface area contributed by atoms with E-state index < -0.39 is 0 Å². The Balaban J connectivity index is 2.47. The van der Waals surface area contributed by atoms with Crippen LogP contribution in [0.5, 0.6) is 0 Å². The van der Waals surface area contributed by atoms with E-state index in [2.05, 4.69) is 20.2 Å². The Hall–Kier alpha value is -1.00. The van der Waals surface area contributed by atoms with Gasteiger partial charge in [0.2, 0.25) is 0 Å². The number of aryl methyl sites for hydroxylation is 1. The van der Waals surface area contributed by atoms with Gasteiger partial charge in [0, 0.05) is 6.07 Å². The third kappa shape index (κ3) is 1.76. The van der Waals surface area contributed by atoms with Gasteiger partial charge in [-0.25, -0.2) is 4.57 Å². The third-order valence-corrected chi connectivity index (χ3v) is 2.84. The molecule has 0 saturated carbocycles. The van der Waals surface area contributed by atoms with E-state index in [0.717, 1.165) is 29.5 Å². The van der Waals surface area contributed by atoms with Crippen molar-refractivity contribution in [2.45, 2.75) is 13.5 Å². The van der Waals surface area contributed by atoms with Crippen molar-refractivity contribution in [2.75, 3.05) is 0 Å². The molecule has 3 nitrogen and oxygen atoms in total. The van der Waals surface area contributed by atoms with Gasteiger partial charge in [-0.1, -0.05) is 11.6 Å². The van der Waals surface area contributed by atoms with Gasteiger partial charge in [0.1, 0.15) is 12.2 Å². The Morgan fingerprint density at radius 2 is 2.36 bits per heavy atom. The predicted molar refractivity (Wildman–Crippen MR) is 56.2 cm³/mol. The molecule has 0 saturated heterocycles. The first-order chi connectivity index (χ1) is 6.81. The van der Waals surface area contributed by atoms with E-state index in [0.29, 0.717) is 5.15 Å². The molecule has 0 radical (unpaired) electrons. The lowest BCUT2D eigenvalue weighted by molar-refractivity contribution is -0.693. The fraction of sp³-hybridized carbons (Fsp3) is 0.222. The molecule has 0 aliphatic carbocycles. The molecule has 0 amide bonds. The SMILES string of the molecule is CC[n+]1cccc(-c2nsnc2Cl)c1. The maximum atomic E-state index is 5.90. The van der Waals surface area contributed by atoms with E-state index >= 15 is 0 Å². The van der Waals surface area contributed by atoms with E-state index in [1.54, 1.807) is 0 Å². The number of nitrogens with zero attached hydrogens (tertiary/aromatic N) is 3. The Kier molecular flexibility index (Phi) is 2.74. The van der Waals surface area contributed by atoms with Crippen LogP contribution in [-0.4, -0.2) is 8.75 Å². The van der Waals surface area contributed by atoms with E-state index in [1.165, 1.54) is 0 Å². The molecule has 0 unspecified atom stereocenters. The predicted octanol–water partition coefficient (Wildman–Crippen LogP) is 2.17. The largest absolute Gasteiger partial charge is 0.205 e. The summed E-state index contributed by atoms with van der Waals surface area (Å²) in [5, 5.41) is 0.476. The lowest BCUT2D eigenvalue weighted by atomic mass is 10.2. The highest BCUT2D eigenvalue weighted by Gasteiger charge is 2.10. The molecule has 0 aliphatic heterocycles. The van der Waals surface area contributed by atoms with Crippen LogP contribution in [0.15, 0.2) is 24.5 Å². The van der Waals surface area contributed by atoms with Crippen molar-refractivity contribution in [1.29, 1.82) is 0 Å². The molecule has 0 atom stereocenters. The molecular weight excluding hydrogens is 218 g/mol. The van der Waals surface area contributed by atoms with Crippen molar-refractivity contribution < 1.29 is 4.57 Å². The summed E-state index contributed by atoms with van der Waals surface area (Å²) in [5.74, 6) is 0. The van der Waals surface area contributed by atoms with Crippen LogP contribution >= 0.6 is 23.3 Å². The first-order valence-corrected chi connectivity index (χ1v) is 5.39. The average Bonchev–Trinajstić information content (AvgIpc) is 2.65. The van der Waals surface area contributed by atoms with Crippen LogP contribution in [0.4, 0.5) is 0 Å². The maximum Gasteiger partial charge on any atom is 0.178 e. The summed E-state index contributed by atoms with van der Waals surface area (Å²) < 4.78 is 10.2. The van der Waals surface area contributed by atoms with Gasteiger partial charge in [-0.15, -0.1) is 0 Å². The lowest BCUT2D eigenvalue weighted by Crippen LogP contribution is -2.30. The van der Waals surface area contributed by atoms with Crippen LogP contribution in [0, 0.1) is 0 Å². The van der Waals surface area contributed by atoms with E-state index in [4.69, 9.17) is 11.6 Å². The minimum Gasteiger partial charge on any atom is -0.205 e. The molecule has 0 N–H and O–H groups in total. The van der Waals surface area contributed by atoms with Crippen LogP contribution in [0.25, 0.3) is 11.3 Å². The Labute approximate surface area is 91.3 Å². The van der Waals surface area contributed by atoms with Crippen LogP contribution in [0.3, 0.4) is 0 Å². The Morgan fingerprint density at radius 1 is 1.50 bits per heavy atom. The molecule has 2 aromatic heterocycles. The molecule has 0 aromatic carbocycles. The molecule has 5 heteroatoms. The van der Waals surface area contributed by atoms with E-state index in [-0.39, 0.29) is 0 Å². The quantitative estimate of drug-likeness (QED) is 0.735. The summed E-state index contributed by atoms with van der Waals surface area (Å²) in [6, 6.07) is 3.96. The molecule has 72 valence electrons. The number of hydrogen-bond acceptors (Lipinski definition) is 3. The van der Waals surface area contributed by atoms with Crippen molar-refractivity contribution >= 4 is 23.3 Å². The standard InChI is InChI=1S/C9H9ClN3S/c1-2-13-5-3-4-7(6-13)8-9(10)12-14-11-8/h3-6H,2H2,1H3/q+1. The van der Waals surface area contributed by atoms with Crippen LogP contribution < -0.4 is 4.57 Å². The second-order valence-corrected chi connectivity index (χ2v) is 3.71. The molecular formula is C9H9ClN3S+. The summed E-state index contributed by atoms with van der Waals surface area (Å²) in [4.78, 5) is 0. The zero-order valence-corrected chi connectivity index (χ0v) is 9.22. The number of rotatable bonds is 2. The van der Waals surface area contributed by atoms with Gasteiger partial charge >= 0.3 is 0 Å². The highest BCUT2D eigenvalue weighted by Crippen LogP contribution is 2.23. The summed E-state index contributed by atoms with van der Waals surface area (Å²) >= 11 is 7.03. The zero-order chi connectivity index (χ0) is 9.97. The van der Waals surface area contributed by atoms with Gasteiger partial charge < -0.3 is 0 Å². The van der Waals surface area contributed by atoms with Crippen LogP contribution in [0.1, 0.15) is 6.92 Å². The van der Waals surface area contributed by atoms with Crippen molar-refractivity contribution in [3.63, 3.8) is 0 Å². The minimum atomic E-state index is 0.476. The smallest absolute Gasteiger partial charge is 0.178 e. The number of aromatic nitrogens is 3. The highest BCUT2D eigenvalue weighted by atomic mass is 35.5. The molecule has 2 rings (SSSR count). The number of hydrogen-bond donors (Lipinski definition) is 0. The van der Waals surface area contributed by atoms with Gasteiger partial charge in [-0.2, -0.15) is 8.75 Å². The lowest BCUT2D eigenvalue weighted by Gasteiger charge is -1.95. The van der Waals surface area contributed by atoms with Gasteiger partial charge in [0.05, 0.1) is 17.3 Å². The van der Waals surface area contributed by atoms with Gasteiger partial charge in [-0.05, 0) is 13.0 Å². The van der Waals surface area contributed by atoms with Crippen molar-refractivity contribution in [3.05, 3.63) is 29.7 Å². The number of halogens is 1. The molecule has 0 bridgehead atoms. The van der Waals surface area contributed by atoms with Gasteiger partial charge in [-0.3, -0.25) is 0 Å². The van der Waals surface area contributed by atoms with Crippen LogP contribution in [0.2, 0.25) is 5.15 Å². The monoisotopic (exact) mass is 226 g/mol. The molecule has 2 aromatic rings. The fourth-order valence-electron chi connectivity index (χ4n) is 1.21. The molecule has 0 spiro atoms. The molecule has 14 heavy (non-hydrogen) atoms. The molecule has 0 aliphatic rings. The summed E-state index contributed by atoms with van der Waals surface area (Å²) in [5.41, 5.74) is 1.77. The minimum absolute atomic E-state index is 0.476. The average molecular weight is 227 g/mol. The van der Waals surface area contributed by atoms with E-state index in [9.17, 15) is 0 Å². The van der Waals surface area contributed by atoms with Crippen molar-refractivity contribution in [1.82, 2.24) is 8.75 Å². The maximum absolute atomic E-state index is 5.90. The van der Waals surface area contributed by atoms with Crippen molar-refractivity contribution in [3.8, 4) is 11.3 Å².